The van der Waals surface area contributed by atoms with Crippen LogP contribution in [-0.4, -0.2) is 34.5 Å². The van der Waals surface area contributed by atoms with Gasteiger partial charge >= 0.3 is 0 Å². The van der Waals surface area contributed by atoms with E-state index in [4.69, 9.17) is 4.74 Å². The fraction of sp³-hybridized carbons (Fsp3) is 0.600. The van der Waals surface area contributed by atoms with Crippen molar-refractivity contribution < 1.29 is 9.53 Å². The normalized spacial score (nSPS) is 27.8. The van der Waals surface area contributed by atoms with Crippen molar-refractivity contribution in [3.05, 3.63) is 36.4 Å². The second-order valence-corrected chi connectivity index (χ2v) is 7.56. The van der Waals surface area contributed by atoms with E-state index in [-0.39, 0.29) is 11.5 Å². The first-order valence-electron chi connectivity index (χ1n) is 9.32. The molecule has 0 aromatic carbocycles. The molecule has 1 aromatic heterocycles. The number of amides is 1. The van der Waals surface area contributed by atoms with E-state index in [9.17, 15) is 4.79 Å². The smallest absolute Gasteiger partial charge is 0.225 e. The van der Waals surface area contributed by atoms with Crippen LogP contribution < -0.4 is 0 Å². The van der Waals surface area contributed by atoms with Crippen LogP contribution >= 0.6 is 0 Å². The zero-order valence-corrected chi connectivity index (χ0v) is 14.2. The highest BCUT2D eigenvalue weighted by molar-refractivity contribution is 5.79. The van der Waals surface area contributed by atoms with E-state index in [1.807, 2.05) is 18.5 Å². The molecular weight excluding hydrogens is 300 g/mol. The Morgan fingerprint density at radius 3 is 2.92 bits per heavy atom. The Morgan fingerprint density at radius 2 is 2.12 bits per heavy atom. The Labute approximate surface area is 143 Å². The zero-order valence-electron chi connectivity index (χ0n) is 14.2. The van der Waals surface area contributed by atoms with Crippen molar-refractivity contribution in [2.24, 2.45) is 5.92 Å². The molecule has 24 heavy (non-hydrogen) atoms. The maximum absolute atomic E-state index is 12.9. The summed E-state index contributed by atoms with van der Waals surface area (Å²) >= 11 is 0. The van der Waals surface area contributed by atoms with Crippen molar-refractivity contribution in [3.63, 3.8) is 0 Å². The molecular formula is C20H26N2O2. The number of piperidine rings is 1. The molecule has 128 valence electrons. The number of rotatable bonds is 2. The Hall–Kier alpha value is -1.84. The maximum Gasteiger partial charge on any atom is 0.225 e. The lowest BCUT2D eigenvalue weighted by molar-refractivity contribution is -0.143. The van der Waals surface area contributed by atoms with Crippen molar-refractivity contribution in [3.8, 4) is 0 Å². The summed E-state index contributed by atoms with van der Waals surface area (Å²) in [6, 6.07) is 4.04. The van der Waals surface area contributed by atoms with Gasteiger partial charge in [-0.25, -0.2) is 0 Å². The third-order valence-corrected chi connectivity index (χ3v) is 5.80. The average Bonchev–Trinajstić information content (AvgIpc) is 3.06. The first-order chi connectivity index (χ1) is 11.8. The lowest BCUT2D eigenvalue weighted by Crippen LogP contribution is -2.51. The van der Waals surface area contributed by atoms with Gasteiger partial charge in [0.25, 0.3) is 0 Å². The molecule has 4 heteroatoms. The van der Waals surface area contributed by atoms with Gasteiger partial charge in [-0.2, -0.15) is 0 Å². The maximum atomic E-state index is 12.9. The minimum atomic E-state index is -0.215. The van der Waals surface area contributed by atoms with E-state index >= 15 is 0 Å². The van der Waals surface area contributed by atoms with Crippen LogP contribution in [0.5, 0.6) is 0 Å². The van der Waals surface area contributed by atoms with Crippen LogP contribution in [0.3, 0.4) is 0 Å². The predicted octanol–water partition coefficient (Wildman–Crippen LogP) is 3.78. The van der Waals surface area contributed by atoms with Gasteiger partial charge in [-0.1, -0.05) is 25.3 Å². The highest BCUT2D eigenvalue weighted by Crippen LogP contribution is 2.41. The number of aromatic nitrogens is 1. The number of hydrogen-bond donors (Lipinski definition) is 0. The number of nitrogens with zero attached hydrogens (tertiary/aromatic N) is 2. The summed E-state index contributed by atoms with van der Waals surface area (Å²) in [5.41, 5.74) is 2.12. The molecule has 0 bridgehead atoms. The zero-order chi connectivity index (χ0) is 16.4. The molecule has 2 aliphatic heterocycles. The minimum Gasteiger partial charge on any atom is -0.492 e. The van der Waals surface area contributed by atoms with Crippen LogP contribution in [-0.2, 0) is 9.53 Å². The molecule has 3 heterocycles. The summed E-state index contributed by atoms with van der Waals surface area (Å²) in [7, 11) is 0. The summed E-state index contributed by atoms with van der Waals surface area (Å²) < 4.78 is 6.13. The minimum absolute atomic E-state index is 0.215. The van der Waals surface area contributed by atoms with Gasteiger partial charge in [-0.15, -0.1) is 0 Å². The lowest BCUT2D eigenvalue weighted by atomic mass is 9.84. The molecule has 2 fully saturated rings. The van der Waals surface area contributed by atoms with Crippen molar-refractivity contribution in [1.82, 2.24) is 9.88 Å². The fourth-order valence-corrected chi connectivity index (χ4v) is 4.48. The first kappa shape index (κ1) is 15.7. The quantitative estimate of drug-likeness (QED) is 0.830. The Balaban J connectivity index is 1.43. The molecule has 1 aromatic rings. The van der Waals surface area contributed by atoms with Gasteiger partial charge in [0.15, 0.2) is 0 Å². The van der Waals surface area contributed by atoms with E-state index in [1.54, 1.807) is 6.20 Å². The Bertz CT molecular complexity index is 622. The van der Waals surface area contributed by atoms with Gasteiger partial charge < -0.3 is 9.64 Å². The summed E-state index contributed by atoms with van der Waals surface area (Å²) in [6.45, 7) is 1.63. The lowest BCUT2D eigenvalue weighted by Gasteiger charge is -2.41. The second-order valence-electron chi connectivity index (χ2n) is 7.56. The van der Waals surface area contributed by atoms with E-state index < -0.39 is 0 Å². The first-order valence-corrected chi connectivity index (χ1v) is 9.32. The third-order valence-electron chi connectivity index (χ3n) is 5.80. The predicted molar refractivity (Wildman–Crippen MR) is 93.0 cm³/mol. The Kier molecular flexibility index (Phi) is 4.30. The van der Waals surface area contributed by atoms with E-state index in [0.29, 0.717) is 5.91 Å². The SMILES string of the molecule is O=C(C1CCCCC1)N1CCCC2(CC(c3cccnc3)=CO2)C1. The van der Waals surface area contributed by atoms with Gasteiger partial charge in [0.1, 0.15) is 5.60 Å². The van der Waals surface area contributed by atoms with Crippen LogP contribution in [0.25, 0.3) is 5.57 Å². The molecule has 3 aliphatic rings. The molecule has 4 nitrogen and oxygen atoms in total. The standard InChI is InChI=1S/C20H26N2O2/c23-19(16-6-2-1-3-7-16)22-11-5-9-20(15-22)12-18(14-24-20)17-8-4-10-21-13-17/h4,8,10,13-14,16H,1-3,5-7,9,11-12,15H2. The van der Waals surface area contributed by atoms with Gasteiger partial charge in [-0.05, 0) is 42.9 Å². The topological polar surface area (TPSA) is 42.4 Å². The number of carbonyl (C=O) groups is 1. The van der Waals surface area contributed by atoms with Crippen molar-refractivity contribution in [2.75, 3.05) is 13.1 Å². The van der Waals surface area contributed by atoms with Gasteiger partial charge in [0.05, 0.1) is 12.8 Å². The van der Waals surface area contributed by atoms with Crippen molar-refractivity contribution in [2.45, 2.75) is 57.0 Å². The molecule has 1 aliphatic carbocycles. The molecule has 1 saturated heterocycles. The van der Waals surface area contributed by atoms with Crippen LogP contribution in [0.2, 0.25) is 0 Å². The number of ether oxygens (including phenoxy) is 1. The number of carbonyl (C=O) groups excluding carboxylic acids is 1. The second kappa shape index (κ2) is 6.58. The fourth-order valence-electron chi connectivity index (χ4n) is 4.48. The molecule has 1 unspecified atom stereocenters. The molecule has 1 saturated carbocycles. The summed E-state index contributed by atoms with van der Waals surface area (Å²) in [6.07, 6.45) is 14.4. The summed E-state index contributed by atoms with van der Waals surface area (Å²) in [5, 5.41) is 0. The van der Waals surface area contributed by atoms with E-state index in [1.165, 1.54) is 24.8 Å². The number of hydrogen-bond acceptors (Lipinski definition) is 3. The largest absolute Gasteiger partial charge is 0.492 e. The summed E-state index contributed by atoms with van der Waals surface area (Å²) in [5.74, 6) is 0.619. The van der Waals surface area contributed by atoms with Crippen molar-refractivity contribution in [1.29, 1.82) is 0 Å². The van der Waals surface area contributed by atoms with E-state index in [0.717, 1.165) is 50.8 Å². The monoisotopic (exact) mass is 326 g/mol. The number of likely N-dealkylation sites (tertiary alicyclic amines) is 1. The average molecular weight is 326 g/mol. The molecule has 1 spiro atoms. The highest BCUT2D eigenvalue weighted by Gasteiger charge is 2.43. The third kappa shape index (κ3) is 3.06. The van der Waals surface area contributed by atoms with Gasteiger partial charge in [0, 0.05) is 31.3 Å². The van der Waals surface area contributed by atoms with Crippen LogP contribution in [0.15, 0.2) is 30.8 Å². The van der Waals surface area contributed by atoms with Crippen LogP contribution in [0.1, 0.15) is 56.9 Å². The Morgan fingerprint density at radius 1 is 1.25 bits per heavy atom. The summed E-state index contributed by atoms with van der Waals surface area (Å²) in [4.78, 5) is 19.2. The molecule has 1 amide bonds. The molecule has 0 radical (unpaired) electrons. The van der Waals surface area contributed by atoms with Crippen molar-refractivity contribution >= 4 is 11.5 Å². The number of pyridine rings is 1. The molecule has 0 N–H and O–H groups in total. The molecule has 1 atom stereocenters. The molecule has 4 rings (SSSR count). The van der Waals surface area contributed by atoms with Gasteiger partial charge in [0.2, 0.25) is 5.91 Å². The van der Waals surface area contributed by atoms with E-state index in [2.05, 4.69) is 16.0 Å². The van der Waals surface area contributed by atoms with Crippen LogP contribution in [0, 0.1) is 5.92 Å². The van der Waals surface area contributed by atoms with Crippen LogP contribution in [0.4, 0.5) is 0 Å². The highest BCUT2D eigenvalue weighted by atomic mass is 16.5. The van der Waals surface area contributed by atoms with Gasteiger partial charge in [-0.3, -0.25) is 9.78 Å².